The molecule has 20 heavy (non-hydrogen) atoms. The number of aliphatic hydroxyl groups is 1. The molecule has 118 valence electrons. The van der Waals surface area contributed by atoms with Crippen molar-refractivity contribution in [2.45, 2.75) is 84.3 Å². The smallest absolute Gasteiger partial charge is 0.0752 e. The standard InChI is InChI=1S/C18H35NO/c1-5-19(6-2)18(11-7-8-12-18)17(20)16-10-9-14(3)15(4)13-16/h14-17,20H,5-13H2,1-4H3. The van der Waals surface area contributed by atoms with E-state index in [-0.39, 0.29) is 11.6 Å². The van der Waals surface area contributed by atoms with Gasteiger partial charge in [0.2, 0.25) is 0 Å². The van der Waals surface area contributed by atoms with Crippen molar-refractivity contribution in [3.63, 3.8) is 0 Å². The Labute approximate surface area is 125 Å². The first-order valence-electron chi connectivity index (χ1n) is 8.98. The summed E-state index contributed by atoms with van der Waals surface area (Å²) in [5, 5.41) is 11.2. The maximum absolute atomic E-state index is 11.2. The van der Waals surface area contributed by atoms with Crippen molar-refractivity contribution in [1.29, 1.82) is 0 Å². The Morgan fingerprint density at radius 2 is 1.65 bits per heavy atom. The molecule has 0 spiro atoms. The second kappa shape index (κ2) is 6.79. The van der Waals surface area contributed by atoms with Gasteiger partial charge in [-0.05, 0) is 56.5 Å². The molecular weight excluding hydrogens is 246 g/mol. The molecule has 0 aromatic rings. The highest BCUT2D eigenvalue weighted by molar-refractivity contribution is 5.03. The normalized spacial score (nSPS) is 35.4. The lowest BCUT2D eigenvalue weighted by Crippen LogP contribution is -2.57. The van der Waals surface area contributed by atoms with Gasteiger partial charge >= 0.3 is 0 Å². The minimum absolute atomic E-state index is 0.0917. The van der Waals surface area contributed by atoms with E-state index in [9.17, 15) is 5.11 Å². The number of likely N-dealkylation sites (N-methyl/N-ethyl adjacent to an activating group) is 1. The Kier molecular flexibility index (Phi) is 5.53. The maximum Gasteiger partial charge on any atom is 0.0752 e. The third-order valence-corrected chi connectivity index (χ3v) is 6.50. The summed E-state index contributed by atoms with van der Waals surface area (Å²) in [4.78, 5) is 2.56. The van der Waals surface area contributed by atoms with Crippen LogP contribution in [0.1, 0.15) is 72.6 Å². The molecule has 2 fully saturated rings. The van der Waals surface area contributed by atoms with Gasteiger partial charge in [0.25, 0.3) is 0 Å². The molecule has 2 aliphatic rings. The van der Waals surface area contributed by atoms with E-state index in [4.69, 9.17) is 0 Å². The molecule has 2 nitrogen and oxygen atoms in total. The fraction of sp³-hybridized carbons (Fsp3) is 1.00. The molecule has 2 rings (SSSR count). The number of aliphatic hydroxyl groups excluding tert-OH is 1. The minimum atomic E-state index is -0.111. The van der Waals surface area contributed by atoms with E-state index in [1.54, 1.807) is 0 Å². The van der Waals surface area contributed by atoms with Crippen LogP contribution in [0.3, 0.4) is 0 Å². The van der Waals surface area contributed by atoms with E-state index in [1.807, 2.05) is 0 Å². The molecule has 0 heterocycles. The summed E-state index contributed by atoms with van der Waals surface area (Å²) < 4.78 is 0. The van der Waals surface area contributed by atoms with Crippen LogP contribution in [0.15, 0.2) is 0 Å². The Hall–Kier alpha value is -0.0800. The number of nitrogens with zero attached hydrogens (tertiary/aromatic N) is 1. The molecule has 0 aromatic heterocycles. The first-order valence-corrected chi connectivity index (χ1v) is 8.98. The summed E-state index contributed by atoms with van der Waals surface area (Å²) >= 11 is 0. The summed E-state index contributed by atoms with van der Waals surface area (Å²) in [5.41, 5.74) is 0.0917. The van der Waals surface area contributed by atoms with E-state index in [1.165, 1.54) is 44.9 Å². The summed E-state index contributed by atoms with van der Waals surface area (Å²) in [7, 11) is 0. The topological polar surface area (TPSA) is 23.5 Å². The zero-order valence-electron chi connectivity index (χ0n) is 14.1. The average molecular weight is 281 g/mol. The van der Waals surface area contributed by atoms with E-state index in [2.05, 4.69) is 32.6 Å². The van der Waals surface area contributed by atoms with Gasteiger partial charge in [-0.3, -0.25) is 4.90 Å². The Balaban J connectivity index is 2.13. The van der Waals surface area contributed by atoms with E-state index >= 15 is 0 Å². The molecule has 4 atom stereocenters. The largest absolute Gasteiger partial charge is 0.391 e. The van der Waals surface area contributed by atoms with Crippen LogP contribution in [0.2, 0.25) is 0 Å². The minimum Gasteiger partial charge on any atom is -0.391 e. The van der Waals surface area contributed by atoms with Crippen LogP contribution in [-0.2, 0) is 0 Å². The molecule has 2 aliphatic carbocycles. The fourth-order valence-corrected chi connectivity index (χ4v) is 4.95. The number of hydrogen-bond donors (Lipinski definition) is 1. The summed E-state index contributed by atoms with van der Waals surface area (Å²) in [6.07, 6.45) is 8.66. The molecular formula is C18H35NO. The quantitative estimate of drug-likeness (QED) is 0.821. The molecule has 0 saturated heterocycles. The lowest BCUT2D eigenvalue weighted by Gasteiger charge is -2.48. The first-order chi connectivity index (χ1) is 9.55. The highest BCUT2D eigenvalue weighted by Gasteiger charge is 2.48. The Morgan fingerprint density at radius 3 is 2.15 bits per heavy atom. The van der Waals surface area contributed by atoms with Crippen molar-refractivity contribution in [1.82, 2.24) is 4.90 Å². The zero-order valence-corrected chi connectivity index (χ0v) is 14.1. The molecule has 1 N–H and O–H groups in total. The van der Waals surface area contributed by atoms with Crippen molar-refractivity contribution in [2.75, 3.05) is 13.1 Å². The molecule has 0 amide bonds. The molecule has 2 saturated carbocycles. The van der Waals surface area contributed by atoms with Crippen LogP contribution in [0.25, 0.3) is 0 Å². The third kappa shape index (κ3) is 2.92. The highest BCUT2D eigenvalue weighted by atomic mass is 16.3. The van der Waals surface area contributed by atoms with Gasteiger partial charge < -0.3 is 5.11 Å². The van der Waals surface area contributed by atoms with Crippen LogP contribution in [0.4, 0.5) is 0 Å². The zero-order chi connectivity index (χ0) is 14.8. The van der Waals surface area contributed by atoms with Gasteiger partial charge in [-0.25, -0.2) is 0 Å². The molecule has 0 aliphatic heterocycles. The summed E-state index contributed by atoms with van der Waals surface area (Å²) in [6, 6.07) is 0. The van der Waals surface area contributed by atoms with Gasteiger partial charge in [0, 0.05) is 5.54 Å². The van der Waals surface area contributed by atoms with Gasteiger partial charge in [0.1, 0.15) is 0 Å². The Morgan fingerprint density at radius 1 is 1.05 bits per heavy atom. The fourth-order valence-electron chi connectivity index (χ4n) is 4.95. The van der Waals surface area contributed by atoms with Crippen molar-refractivity contribution in [3.8, 4) is 0 Å². The molecule has 0 bridgehead atoms. The monoisotopic (exact) mass is 281 g/mol. The molecule has 4 unspecified atom stereocenters. The van der Waals surface area contributed by atoms with Gasteiger partial charge in [-0.1, -0.05) is 47.0 Å². The molecule has 0 radical (unpaired) electrons. The van der Waals surface area contributed by atoms with E-state index in [0.717, 1.165) is 24.9 Å². The number of hydrogen-bond acceptors (Lipinski definition) is 2. The van der Waals surface area contributed by atoms with E-state index in [0.29, 0.717) is 5.92 Å². The van der Waals surface area contributed by atoms with Crippen molar-refractivity contribution in [2.24, 2.45) is 17.8 Å². The molecule has 2 heteroatoms. The van der Waals surface area contributed by atoms with Crippen LogP contribution < -0.4 is 0 Å². The van der Waals surface area contributed by atoms with Crippen molar-refractivity contribution >= 4 is 0 Å². The predicted molar refractivity (Wildman–Crippen MR) is 85.8 cm³/mol. The van der Waals surface area contributed by atoms with Crippen LogP contribution in [0.5, 0.6) is 0 Å². The maximum atomic E-state index is 11.2. The second-order valence-corrected chi connectivity index (χ2v) is 7.46. The first kappa shape index (κ1) is 16.3. The van der Waals surface area contributed by atoms with Gasteiger partial charge in [-0.15, -0.1) is 0 Å². The Bertz CT molecular complexity index is 294. The highest BCUT2D eigenvalue weighted by Crippen LogP contribution is 2.45. The van der Waals surface area contributed by atoms with Crippen LogP contribution in [-0.4, -0.2) is 34.7 Å². The van der Waals surface area contributed by atoms with Crippen molar-refractivity contribution < 1.29 is 5.11 Å². The summed E-state index contributed by atoms with van der Waals surface area (Å²) in [5.74, 6) is 2.14. The lowest BCUT2D eigenvalue weighted by molar-refractivity contribution is -0.0712. The van der Waals surface area contributed by atoms with Crippen LogP contribution >= 0.6 is 0 Å². The summed E-state index contributed by atoms with van der Waals surface area (Å²) in [6.45, 7) is 11.4. The molecule has 0 aromatic carbocycles. The van der Waals surface area contributed by atoms with Crippen molar-refractivity contribution in [3.05, 3.63) is 0 Å². The predicted octanol–water partition coefficient (Wildman–Crippen LogP) is 4.07. The van der Waals surface area contributed by atoms with Gasteiger partial charge in [0.15, 0.2) is 0 Å². The second-order valence-electron chi connectivity index (χ2n) is 7.46. The van der Waals surface area contributed by atoms with Crippen LogP contribution in [0, 0.1) is 17.8 Å². The van der Waals surface area contributed by atoms with Gasteiger partial charge in [-0.2, -0.15) is 0 Å². The third-order valence-electron chi connectivity index (χ3n) is 6.50. The number of rotatable bonds is 5. The lowest BCUT2D eigenvalue weighted by atomic mass is 9.69. The SMILES string of the molecule is CCN(CC)C1(C(O)C2CCC(C)C(C)C2)CCCC1. The van der Waals surface area contributed by atoms with Gasteiger partial charge in [0.05, 0.1) is 6.10 Å². The average Bonchev–Trinajstić information content (AvgIpc) is 2.93. The van der Waals surface area contributed by atoms with E-state index < -0.39 is 0 Å².